The topological polar surface area (TPSA) is 97.5 Å². The summed E-state index contributed by atoms with van der Waals surface area (Å²) in [6, 6.07) is 4.27. The van der Waals surface area contributed by atoms with Crippen LogP contribution in [0, 0.1) is 13.8 Å². The number of imidazole rings is 2. The smallest absolute Gasteiger partial charge is 0.255 e. The average Bonchev–Trinajstić information content (AvgIpc) is 3.49. The van der Waals surface area contributed by atoms with Gasteiger partial charge in [0.05, 0.1) is 35.2 Å². The lowest BCUT2D eigenvalue weighted by atomic mass is 10.1. The van der Waals surface area contributed by atoms with Crippen LogP contribution in [-0.4, -0.2) is 51.4 Å². The number of aryl methyl sites for hydroxylation is 2. The van der Waals surface area contributed by atoms with Crippen LogP contribution in [-0.2, 0) is 13.1 Å². The summed E-state index contributed by atoms with van der Waals surface area (Å²) in [5, 5.41) is 0.874. The van der Waals surface area contributed by atoms with Crippen molar-refractivity contribution in [1.82, 2.24) is 39.0 Å². The minimum Gasteiger partial charge on any atom is -0.345 e. The Morgan fingerprint density at radius 3 is 2.76 bits per heavy atom. The Hall–Kier alpha value is -4.01. The van der Waals surface area contributed by atoms with Crippen LogP contribution in [0.3, 0.4) is 0 Å². The highest BCUT2D eigenvalue weighted by Gasteiger charge is 2.24. The predicted molar refractivity (Wildman–Crippen MR) is 129 cm³/mol. The molecular weight excluding hydrogens is 428 g/mol. The molecule has 0 aliphatic carbocycles. The minimum atomic E-state index is -0.0367. The van der Waals surface area contributed by atoms with Crippen LogP contribution >= 0.6 is 0 Å². The molecule has 0 saturated carbocycles. The lowest BCUT2D eigenvalue weighted by Gasteiger charge is -2.27. The number of nitrogens with zero attached hydrogens (tertiary/aromatic N) is 7. The quantitative estimate of drug-likeness (QED) is 0.444. The van der Waals surface area contributed by atoms with Gasteiger partial charge in [0.2, 0.25) is 0 Å². The maximum Gasteiger partial charge on any atom is 0.255 e. The largest absolute Gasteiger partial charge is 0.345 e. The summed E-state index contributed by atoms with van der Waals surface area (Å²) in [6.45, 7) is 10.2. The van der Waals surface area contributed by atoms with E-state index in [1.54, 1.807) is 6.20 Å². The third-order valence-electron chi connectivity index (χ3n) is 6.53. The number of aromatic nitrogens is 7. The van der Waals surface area contributed by atoms with E-state index < -0.39 is 0 Å². The second kappa shape index (κ2) is 7.51. The Kier molecular flexibility index (Phi) is 4.55. The third kappa shape index (κ3) is 3.19. The highest BCUT2D eigenvalue weighted by molar-refractivity contribution is 6.01. The lowest BCUT2D eigenvalue weighted by molar-refractivity contribution is 0.0707. The zero-order valence-corrected chi connectivity index (χ0v) is 19.7. The van der Waals surface area contributed by atoms with Crippen molar-refractivity contribution >= 4 is 28.0 Å². The number of hydrogen-bond donors (Lipinski definition) is 1. The summed E-state index contributed by atoms with van der Waals surface area (Å²) in [6.07, 6.45) is 7.40. The summed E-state index contributed by atoms with van der Waals surface area (Å²) in [4.78, 5) is 36.8. The molecule has 0 radical (unpaired) electrons. The number of rotatable bonds is 3. The van der Waals surface area contributed by atoms with Crippen molar-refractivity contribution in [2.24, 2.45) is 0 Å². The molecule has 34 heavy (non-hydrogen) atoms. The maximum atomic E-state index is 13.3. The van der Waals surface area contributed by atoms with E-state index in [-0.39, 0.29) is 11.9 Å². The number of nitrogens with one attached hydrogen (secondary N) is 1. The van der Waals surface area contributed by atoms with Crippen LogP contribution in [0.1, 0.15) is 47.6 Å². The fourth-order valence-electron chi connectivity index (χ4n) is 5.00. The first-order chi connectivity index (χ1) is 16.4. The van der Waals surface area contributed by atoms with E-state index in [1.807, 2.05) is 43.4 Å². The predicted octanol–water partition coefficient (Wildman–Crippen LogP) is 4.02. The average molecular weight is 455 g/mol. The molecular formula is C25H26N8O. The molecule has 1 aliphatic heterocycles. The van der Waals surface area contributed by atoms with Crippen molar-refractivity contribution in [3.63, 3.8) is 0 Å². The Balaban J connectivity index is 1.38. The number of H-pyrrole nitrogens is 1. The maximum absolute atomic E-state index is 13.3. The molecule has 1 amide bonds. The Morgan fingerprint density at radius 1 is 1.09 bits per heavy atom. The first-order valence-corrected chi connectivity index (χ1v) is 11.5. The van der Waals surface area contributed by atoms with Crippen molar-refractivity contribution in [3.8, 4) is 11.3 Å². The van der Waals surface area contributed by atoms with Gasteiger partial charge in [-0.15, -0.1) is 0 Å². The summed E-state index contributed by atoms with van der Waals surface area (Å²) >= 11 is 0. The summed E-state index contributed by atoms with van der Waals surface area (Å²) in [7, 11) is 0. The third-order valence-corrected chi connectivity index (χ3v) is 6.53. The normalized spacial score (nSPS) is 13.9. The van der Waals surface area contributed by atoms with E-state index in [0.29, 0.717) is 18.7 Å². The van der Waals surface area contributed by atoms with Gasteiger partial charge >= 0.3 is 0 Å². The van der Waals surface area contributed by atoms with Gasteiger partial charge in [-0.2, -0.15) is 0 Å². The number of fused-ring (bicyclic) bond motifs is 3. The van der Waals surface area contributed by atoms with E-state index in [9.17, 15) is 4.79 Å². The number of aromatic amines is 1. The lowest BCUT2D eigenvalue weighted by Crippen LogP contribution is -2.38. The van der Waals surface area contributed by atoms with Crippen molar-refractivity contribution in [2.45, 2.75) is 46.8 Å². The SMILES string of the molecule is Cc1cn2c(n1)CN(C(=O)c1cnc3[nH]cc(-c4cc5c(cn4)nc(C)n5C(C)C)c3c1)CC2. The van der Waals surface area contributed by atoms with Crippen LogP contribution in [0.4, 0.5) is 0 Å². The van der Waals surface area contributed by atoms with Gasteiger partial charge in [0, 0.05) is 48.7 Å². The summed E-state index contributed by atoms with van der Waals surface area (Å²) in [5.74, 6) is 1.85. The molecule has 0 fully saturated rings. The molecule has 172 valence electrons. The highest BCUT2D eigenvalue weighted by Crippen LogP contribution is 2.30. The van der Waals surface area contributed by atoms with Gasteiger partial charge in [-0.3, -0.25) is 9.78 Å². The van der Waals surface area contributed by atoms with E-state index >= 15 is 0 Å². The van der Waals surface area contributed by atoms with Crippen molar-refractivity contribution in [1.29, 1.82) is 0 Å². The van der Waals surface area contributed by atoms with Crippen LogP contribution in [0.15, 0.2) is 36.9 Å². The van der Waals surface area contributed by atoms with Crippen LogP contribution in [0.2, 0.25) is 0 Å². The Bertz CT molecular complexity index is 1570. The zero-order chi connectivity index (χ0) is 23.6. The van der Waals surface area contributed by atoms with E-state index in [2.05, 4.69) is 54.0 Å². The fourth-order valence-corrected chi connectivity index (χ4v) is 5.00. The molecule has 0 spiro atoms. The molecule has 5 aromatic heterocycles. The number of amides is 1. The van der Waals surface area contributed by atoms with Crippen LogP contribution in [0.25, 0.3) is 33.3 Å². The molecule has 0 atom stereocenters. The Morgan fingerprint density at radius 2 is 1.94 bits per heavy atom. The van der Waals surface area contributed by atoms with Crippen molar-refractivity contribution in [3.05, 3.63) is 59.8 Å². The van der Waals surface area contributed by atoms with Gasteiger partial charge < -0.3 is 19.0 Å². The molecule has 9 nitrogen and oxygen atoms in total. The molecule has 0 bridgehead atoms. The molecule has 0 unspecified atom stereocenters. The first-order valence-electron chi connectivity index (χ1n) is 11.5. The van der Waals surface area contributed by atoms with E-state index in [1.165, 1.54) is 0 Å². The van der Waals surface area contributed by atoms with Gasteiger partial charge in [-0.05, 0) is 39.8 Å². The van der Waals surface area contributed by atoms with Gasteiger partial charge in [-0.25, -0.2) is 15.0 Å². The Labute approximate surface area is 196 Å². The monoisotopic (exact) mass is 454 g/mol. The van der Waals surface area contributed by atoms with Crippen LogP contribution < -0.4 is 0 Å². The standard InChI is InChI=1S/C25H26N8O/c1-14(2)33-16(4)30-21-11-26-20(8-22(21)33)19-10-28-24-18(19)7-17(9-27-24)25(34)32-6-5-31-12-15(3)29-23(31)13-32/h7-12,14H,5-6,13H2,1-4H3,(H,27,28). The van der Waals surface area contributed by atoms with Crippen LogP contribution in [0.5, 0.6) is 0 Å². The van der Waals surface area contributed by atoms with E-state index in [0.717, 1.165) is 57.2 Å². The molecule has 5 aromatic rings. The van der Waals surface area contributed by atoms with Gasteiger partial charge in [-0.1, -0.05) is 0 Å². The molecule has 6 rings (SSSR count). The number of carbonyl (C=O) groups excluding carboxylic acids is 1. The molecule has 9 heteroatoms. The molecule has 0 aromatic carbocycles. The summed E-state index contributed by atoms with van der Waals surface area (Å²) in [5.41, 5.74) is 5.93. The van der Waals surface area contributed by atoms with Gasteiger partial charge in [0.15, 0.2) is 0 Å². The first kappa shape index (κ1) is 20.6. The van der Waals surface area contributed by atoms with E-state index in [4.69, 9.17) is 0 Å². The van der Waals surface area contributed by atoms with Crippen molar-refractivity contribution < 1.29 is 4.79 Å². The second-order valence-corrected chi connectivity index (χ2v) is 9.22. The molecule has 1 aliphatic rings. The molecule has 6 heterocycles. The van der Waals surface area contributed by atoms with Gasteiger partial charge in [0.1, 0.15) is 22.8 Å². The zero-order valence-electron chi connectivity index (χ0n) is 19.7. The molecule has 0 saturated heterocycles. The second-order valence-electron chi connectivity index (χ2n) is 9.22. The number of hydrogen-bond acceptors (Lipinski definition) is 5. The highest BCUT2D eigenvalue weighted by atomic mass is 16.2. The van der Waals surface area contributed by atoms with Gasteiger partial charge in [0.25, 0.3) is 5.91 Å². The fraction of sp³-hybridized carbons (Fsp3) is 0.320. The number of carbonyl (C=O) groups is 1. The molecule has 1 N–H and O–H groups in total. The number of pyridine rings is 2. The van der Waals surface area contributed by atoms with Crippen molar-refractivity contribution in [2.75, 3.05) is 6.54 Å². The minimum absolute atomic E-state index is 0.0367. The summed E-state index contributed by atoms with van der Waals surface area (Å²) < 4.78 is 4.33.